The molecule has 33 heavy (non-hydrogen) atoms. The molecule has 3 rings (SSSR count). The van der Waals surface area contributed by atoms with Crippen LogP contribution in [0.1, 0.15) is 56.7 Å². The molecular formula is C25H28N2O6. The number of likely N-dealkylation sites (tertiary alicyclic amines) is 1. The maximum absolute atomic E-state index is 12.9. The van der Waals surface area contributed by atoms with E-state index in [9.17, 15) is 24.8 Å². The number of ketones is 1. The lowest BCUT2D eigenvalue weighted by molar-refractivity contribution is -0.384. The third-order valence-electron chi connectivity index (χ3n) is 5.57. The Balaban J connectivity index is 1.97. The number of nitrogens with zero attached hydrogens (tertiary/aromatic N) is 2. The van der Waals surface area contributed by atoms with Gasteiger partial charge in [-0.25, -0.2) is 0 Å². The molecule has 0 spiro atoms. The molecule has 1 unspecified atom stereocenters. The Morgan fingerprint density at radius 1 is 1.03 bits per heavy atom. The van der Waals surface area contributed by atoms with E-state index < -0.39 is 22.7 Å². The monoisotopic (exact) mass is 452 g/mol. The number of carbonyl (C=O) groups is 2. The Hall–Kier alpha value is -3.68. The van der Waals surface area contributed by atoms with Crippen LogP contribution in [0.3, 0.4) is 0 Å². The van der Waals surface area contributed by atoms with E-state index in [0.29, 0.717) is 30.9 Å². The SMILES string of the molecule is CCCCCOc1ccc(C2/C(=C(/O)c3ccc([N+](=O)[O-])cc3)C(=O)C(=O)N2CCC)cc1. The van der Waals surface area contributed by atoms with Crippen molar-refractivity contribution in [2.24, 2.45) is 0 Å². The minimum atomic E-state index is -0.774. The molecule has 1 amide bonds. The average Bonchev–Trinajstić information content (AvgIpc) is 3.07. The number of nitro groups is 1. The fraction of sp³-hybridized carbons (Fsp3) is 0.360. The van der Waals surface area contributed by atoms with E-state index in [4.69, 9.17) is 4.74 Å². The van der Waals surface area contributed by atoms with Crippen molar-refractivity contribution in [1.82, 2.24) is 4.90 Å². The van der Waals surface area contributed by atoms with Gasteiger partial charge in [0.05, 0.1) is 23.1 Å². The Kier molecular flexibility index (Phi) is 7.82. The molecule has 174 valence electrons. The van der Waals surface area contributed by atoms with E-state index in [2.05, 4.69) is 6.92 Å². The topological polar surface area (TPSA) is 110 Å². The fourth-order valence-corrected chi connectivity index (χ4v) is 3.88. The van der Waals surface area contributed by atoms with Crippen molar-refractivity contribution in [3.05, 3.63) is 75.3 Å². The van der Waals surface area contributed by atoms with Gasteiger partial charge in [-0.3, -0.25) is 19.7 Å². The van der Waals surface area contributed by atoms with Crippen LogP contribution in [0.15, 0.2) is 54.1 Å². The smallest absolute Gasteiger partial charge is 0.295 e. The number of hydrogen-bond donors (Lipinski definition) is 1. The normalized spacial score (nSPS) is 17.4. The van der Waals surface area contributed by atoms with Crippen molar-refractivity contribution in [1.29, 1.82) is 0 Å². The highest BCUT2D eigenvalue weighted by Gasteiger charge is 2.45. The van der Waals surface area contributed by atoms with Gasteiger partial charge in [-0.15, -0.1) is 0 Å². The molecule has 1 fully saturated rings. The molecule has 1 N–H and O–H groups in total. The van der Waals surface area contributed by atoms with Crippen LogP contribution in [-0.4, -0.2) is 39.8 Å². The van der Waals surface area contributed by atoms with E-state index >= 15 is 0 Å². The number of amides is 1. The summed E-state index contributed by atoms with van der Waals surface area (Å²) in [7, 11) is 0. The summed E-state index contributed by atoms with van der Waals surface area (Å²) >= 11 is 0. The first-order valence-electron chi connectivity index (χ1n) is 11.1. The Labute approximate surface area is 192 Å². The summed E-state index contributed by atoms with van der Waals surface area (Å²) in [5.74, 6) is -1.11. The highest BCUT2D eigenvalue weighted by atomic mass is 16.6. The Morgan fingerprint density at radius 3 is 2.27 bits per heavy atom. The van der Waals surface area contributed by atoms with Gasteiger partial charge >= 0.3 is 0 Å². The molecule has 0 bridgehead atoms. The zero-order chi connectivity index (χ0) is 24.0. The molecule has 0 aliphatic carbocycles. The van der Waals surface area contributed by atoms with Gasteiger partial charge in [-0.2, -0.15) is 0 Å². The maximum Gasteiger partial charge on any atom is 0.295 e. The highest BCUT2D eigenvalue weighted by molar-refractivity contribution is 6.46. The zero-order valence-corrected chi connectivity index (χ0v) is 18.8. The Morgan fingerprint density at radius 2 is 1.70 bits per heavy atom. The molecule has 1 atom stereocenters. The van der Waals surface area contributed by atoms with E-state index in [-0.39, 0.29) is 22.6 Å². The molecule has 8 heteroatoms. The number of rotatable bonds is 10. The largest absolute Gasteiger partial charge is 0.507 e. The third-order valence-corrected chi connectivity index (χ3v) is 5.57. The first-order valence-corrected chi connectivity index (χ1v) is 11.1. The van der Waals surface area contributed by atoms with Crippen molar-refractivity contribution in [3.8, 4) is 5.75 Å². The predicted octanol–water partition coefficient (Wildman–Crippen LogP) is 5.00. The van der Waals surface area contributed by atoms with Crippen LogP contribution in [-0.2, 0) is 9.59 Å². The lowest BCUT2D eigenvalue weighted by atomic mass is 9.95. The molecule has 2 aromatic carbocycles. The van der Waals surface area contributed by atoms with Crippen LogP contribution in [0.5, 0.6) is 5.75 Å². The van der Waals surface area contributed by atoms with Gasteiger partial charge in [-0.1, -0.05) is 38.8 Å². The summed E-state index contributed by atoms with van der Waals surface area (Å²) in [6.07, 6.45) is 3.79. The molecule has 1 heterocycles. The van der Waals surface area contributed by atoms with E-state index in [1.165, 1.54) is 29.2 Å². The summed E-state index contributed by atoms with van der Waals surface area (Å²) in [4.78, 5) is 37.5. The van der Waals surface area contributed by atoms with Crippen molar-refractivity contribution in [2.75, 3.05) is 13.2 Å². The molecule has 1 aliphatic heterocycles. The second kappa shape index (κ2) is 10.8. The number of ether oxygens (including phenoxy) is 1. The molecule has 0 aromatic heterocycles. The first kappa shape index (κ1) is 24.0. The number of nitro benzene ring substituents is 1. The van der Waals surface area contributed by atoms with Gasteiger partial charge in [0.2, 0.25) is 0 Å². The molecule has 0 saturated carbocycles. The number of unbranched alkanes of at least 4 members (excludes halogenated alkanes) is 2. The second-order valence-corrected chi connectivity index (χ2v) is 7.92. The van der Waals surface area contributed by atoms with Gasteiger partial charge < -0.3 is 14.7 Å². The summed E-state index contributed by atoms with van der Waals surface area (Å²) in [6.45, 7) is 4.99. The van der Waals surface area contributed by atoms with E-state index in [1.807, 2.05) is 6.92 Å². The number of hydrogen-bond acceptors (Lipinski definition) is 6. The average molecular weight is 453 g/mol. The van der Waals surface area contributed by atoms with E-state index in [0.717, 1.165) is 19.3 Å². The van der Waals surface area contributed by atoms with Crippen LogP contribution >= 0.6 is 0 Å². The van der Waals surface area contributed by atoms with Crippen LogP contribution in [0.2, 0.25) is 0 Å². The highest BCUT2D eigenvalue weighted by Crippen LogP contribution is 2.40. The molecule has 8 nitrogen and oxygen atoms in total. The minimum absolute atomic E-state index is 0.0288. The predicted molar refractivity (Wildman–Crippen MR) is 124 cm³/mol. The van der Waals surface area contributed by atoms with Crippen molar-refractivity contribution < 1.29 is 24.4 Å². The van der Waals surface area contributed by atoms with Crippen LogP contribution < -0.4 is 4.74 Å². The number of carbonyl (C=O) groups excluding carboxylic acids is 2. The quantitative estimate of drug-likeness (QED) is 0.136. The van der Waals surface area contributed by atoms with Crippen molar-refractivity contribution in [2.45, 2.75) is 45.6 Å². The van der Waals surface area contributed by atoms with Gasteiger partial charge in [0.15, 0.2) is 0 Å². The lowest BCUT2D eigenvalue weighted by Gasteiger charge is -2.25. The molecule has 1 saturated heterocycles. The van der Waals surface area contributed by atoms with Gasteiger partial charge in [0.1, 0.15) is 11.5 Å². The van der Waals surface area contributed by atoms with Crippen LogP contribution in [0.4, 0.5) is 5.69 Å². The molecule has 1 aliphatic rings. The summed E-state index contributed by atoms with van der Waals surface area (Å²) in [5.41, 5.74) is 0.742. The Bertz CT molecular complexity index is 1040. The summed E-state index contributed by atoms with van der Waals surface area (Å²) < 4.78 is 5.75. The molecule has 0 radical (unpaired) electrons. The minimum Gasteiger partial charge on any atom is -0.507 e. The number of non-ortho nitro benzene ring substituents is 1. The fourth-order valence-electron chi connectivity index (χ4n) is 3.88. The van der Waals surface area contributed by atoms with Gasteiger partial charge in [-0.05, 0) is 42.7 Å². The van der Waals surface area contributed by atoms with Gasteiger partial charge in [0, 0.05) is 24.2 Å². The summed E-state index contributed by atoms with van der Waals surface area (Å²) in [6, 6.07) is 11.6. The number of aliphatic hydroxyl groups excluding tert-OH is 1. The molecule has 2 aromatic rings. The third kappa shape index (κ3) is 5.22. The summed E-state index contributed by atoms with van der Waals surface area (Å²) in [5, 5.41) is 21.9. The van der Waals surface area contributed by atoms with Crippen molar-refractivity contribution in [3.63, 3.8) is 0 Å². The van der Waals surface area contributed by atoms with Crippen LogP contribution in [0.25, 0.3) is 5.76 Å². The number of Topliss-reactive ketones (excluding diaryl/α,β-unsaturated/α-hetero) is 1. The van der Waals surface area contributed by atoms with Crippen LogP contribution in [0, 0.1) is 10.1 Å². The number of aliphatic hydroxyl groups is 1. The zero-order valence-electron chi connectivity index (χ0n) is 18.8. The first-order chi connectivity index (χ1) is 15.9. The van der Waals surface area contributed by atoms with Crippen molar-refractivity contribution >= 4 is 23.1 Å². The second-order valence-electron chi connectivity index (χ2n) is 7.92. The standard InChI is InChI=1S/C25H28N2O6/c1-3-5-6-16-33-20-13-9-17(10-14-20)22-21(24(29)25(30)26(22)15-4-2)23(28)18-7-11-19(12-8-18)27(31)32/h7-14,22,28H,3-6,15-16H2,1-2H3/b23-21-. The van der Waals surface area contributed by atoms with Gasteiger partial charge in [0.25, 0.3) is 17.4 Å². The van der Waals surface area contributed by atoms with E-state index in [1.54, 1.807) is 24.3 Å². The lowest BCUT2D eigenvalue weighted by Crippen LogP contribution is -2.30. The molecular weight excluding hydrogens is 424 g/mol. The maximum atomic E-state index is 12.9. The number of benzene rings is 2.